The number of halogens is 1. The monoisotopic (exact) mass is 343 g/mol. The van der Waals surface area contributed by atoms with Crippen LogP contribution in [0.1, 0.15) is 10.4 Å². The van der Waals surface area contributed by atoms with Gasteiger partial charge in [0.05, 0.1) is 13.2 Å². The molecule has 1 aliphatic rings. The van der Waals surface area contributed by atoms with Crippen LogP contribution in [-0.2, 0) is 4.74 Å². The van der Waals surface area contributed by atoms with Gasteiger partial charge in [-0.1, -0.05) is 11.6 Å². The zero-order valence-corrected chi connectivity index (χ0v) is 13.5. The van der Waals surface area contributed by atoms with Gasteiger partial charge in [-0.15, -0.1) is 0 Å². The largest absolute Gasteiger partial charge is 0.436 e. The van der Waals surface area contributed by atoms with Gasteiger partial charge in [-0.05, 0) is 30.3 Å². The van der Waals surface area contributed by atoms with Gasteiger partial charge in [-0.2, -0.15) is 0 Å². The molecule has 0 atom stereocenters. The first kappa shape index (κ1) is 15.1. The van der Waals surface area contributed by atoms with E-state index < -0.39 is 0 Å². The maximum absolute atomic E-state index is 12.5. The Morgan fingerprint density at radius 1 is 1.17 bits per heavy atom. The first-order chi connectivity index (χ1) is 11.7. The Hall–Kier alpha value is -2.44. The zero-order valence-electron chi connectivity index (χ0n) is 12.7. The number of oxazole rings is 1. The van der Waals surface area contributed by atoms with Crippen molar-refractivity contribution in [3.8, 4) is 11.5 Å². The van der Waals surface area contributed by atoms with E-state index in [0.717, 1.165) is 5.56 Å². The molecule has 1 fully saturated rings. The zero-order chi connectivity index (χ0) is 16.5. The van der Waals surface area contributed by atoms with E-state index in [2.05, 4.69) is 9.97 Å². The third-order valence-electron chi connectivity index (χ3n) is 3.91. The van der Waals surface area contributed by atoms with E-state index in [1.54, 1.807) is 41.4 Å². The van der Waals surface area contributed by atoms with Crippen LogP contribution >= 0.6 is 11.6 Å². The molecule has 0 spiro atoms. The Morgan fingerprint density at radius 3 is 2.79 bits per heavy atom. The number of fused-ring (bicyclic) bond motifs is 1. The van der Waals surface area contributed by atoms with E-state index in [1.165, 1.54) is 0 Å². The number of hydrogen-bond donors (Lipinski definition) is 0. The Kier molecular flexibility index (Phi) is 3.92. The second kappa shape index (κ2) is 6.22. The molecular formula is C17H14ClN3O3. The van der Waals surface area contributed by atoms with Crippen LogP contribution < -0.4 is 0 Å². The number of amides is 1. The molecule has 7 heteroatoms. The number of morpholine rings is 1. The van der Waals surface area contributed by atoms with Crippen molar-refractivity contribution >= 4 is 28.6 Å². The summed E-state index contributed by atoms with van der Waals surface area (Å²) in [5.41, 5.74) is 2.58. The predicted octanol–water partition coefficient (Wildman–Crippen LogP) is 3.02. The molecule has 0 bridgehead atoms. The Morgan fingerprint density at radius 2 is 2.00 bits per heavy atom. The lowest BCUT2D eigenvalue weighted by Crippen LogP contribution is -2.40. The highest BCUT2D eigenvalue weighted by molar-refractivity contribution is 6.29. The summed E-state index contributed by atoms with van der Waals surface area (Å²) in [6.07, 6.45) is 1.60. The number of ether oxygens (including phenoxy) is 1. The van der Waals surface area contributed by atoms with Gasteiger partial charge >= 0.3 is 0 Å². The molecule has 1 saturated heterocycles. The van der Waals surface area contributed by atoms with Crippen molar-refractivity contribution in [3.63, 3.8) is 0 Å². The summed E-state index contributed by atoms with van der Waals surface area (Å²) in [7, 11) is 0. The van der Waals surface area contributed by atoms with Crippen molar-refractivity contribution in [1.29, 1.82) is 0 Å². The minimum absolute atomic E-state index is 0.0231. The molecule has 3 heterocycles. The summed E-state index contributed by atoms with van der Waals surface area (Å²) in [6, 6.07) is 8.75. The first-order valence-corrected chi connectivity index (χ1v) is 7.98. The highest BCUT2D eigenvalue weighted by Crippen LogP contribution is 2.26. The van der Waals surface area contributed by atoms with Gasteiger partial charge in [-0.25, -0.2) is 9.97 Å². The highest BCUT2D eigenvalue weighted by Gasteiger charge is 2.19. The second-order valence-electron chi connectivity index (χ2n) is 5.47. The van der Waals surface area contributed by atoms with E-state index in [-0.39, 0.29) is 5.91 Å². The number of rotatable bonds is 2. The van der Waals surface area contributed by atoms with Crippen molar-refractivity contribution in [3.05, 3.63) is 47.2 Å². The topological polar surface area (TPSA) is 68.5 Å². The van der Waals surface area contributed by atoms with Crippen LogP contribution in [0.15, 0.2) is 40.9 Å². The molecule has 0 N–H and O–H groups in total. The number of carbonyl (C=O) groups is 1. The summed E-state index contributed by atoms with van der Waals surface area (Å²) in [5.74, 6) is 0.426. The van der Waals surface area contributed by atoms with Crippen molar-refractivity contribution in [1.82, 2.24) is 14.9 Å². The number of carbonyl (C=O) groups excluding carboxylic acids is 1. The lowest BCUT2D eigenvalue weighted by atomic mass is 10.1. The lowest BCUT2D eigenvalue weighted by molar-refractivity contribution is 0.0303. The van der Waals surface area contributed by atoms with Crippen molar-refractivity contribution in [2.75, 3.05) is 26.3 Å². The van der Waals surface area contributed by atoms with E-state index in [4.69, 9.17) is 20.8 Å². The summed E-state index contributed by atoms with van der Waals surface area (Å²) in [4.78, 5) is 22.7. The number of pyridine rings is 1. The number of benzene rings is 1. The van der Waals surface area contributed by atoms with Gasteiger partial charge in [0.15, 0.2) is 5.58 Å². The molecule has 24 heavy (non-hydrogen) atoms. The fourth-order valence-electron chi connectivity index (χ4n) is 2.67. The highest BCUT2D eigenvalue weighted by atomic mass is 35.5. The smallest absolute Gasteiger partial charge is 0.254 e. The molecule has 0 radical (unpaired) electrons. The van der Waals surface area contributed by atoms with Gasteiger partial charge in [0.2, 0.25) is 5.89 Å². The van der Waals surface area contributed by atoms with Crippen LogP contribution in [0.5, 0.6) is 0 Å². The summed E-state index contributed by atoms with van der Waals surface area (Å²) in [6.45, 7) is 2.36. The number of aromatic nitrogens is 2. The average molecular weight is 344 g/mol. The Balaban J connectivity index is 1.67. The van der Waals surface area contributed by atoms with Gasteiger partial charge in [-0.3, -0.25) is 4.79 Å². The van der Waals surface area contributed by atoms with Gasteiger partial charge in [0.1, 0.15) is 10.7 Å². The minimum Gasteiger partial charge on any atom is -0.436 e. The molecule has 0 aliphatic carbocycles. The molecule has 4 rings (SSSR count). The molecule has 3 aromatic rings. The third-order valence-corrected chi connectivity index (χ3v) is 4.11. The fourth-order valence-corrected chi connectivity index (χ4v) is 2.84. The molecule has 122 valence electrons. The molecular weight excluding hydrogens is 330 g/mol. The summed E-state index contributed by atoms with van der Waals surface area (Å²) >= 11 is 5.91. The van der Waals surface area contributed by atoms with Crippen LogP contribution in [0.4, 0.5) is 0 Å². The maximum atomic E-state index is 12.5. The van der Waals surface area contributed by atoms with Gasteiger partial charge < -0.3 is 14.1 Å². The normalized spacial score (nSPS) is 15.0. The number of nitrogens with zero attached hydrogens (tertiary/aromatic N) is 3. The van der Waals surface area contributed by atoms with E-state index >= 15 is 0 Å². The molecule has 6 nitrogen and oxygen atoms in total. The molecule has 2 aromatic heterocycles. The molecule has 1 aliphatic heterocycles. The van der Waals surface area contributed by atoms with Gasteiger partial charge in [0.25, 0.3) is 5.91 Å². The fraction of sp³-hybridized carbons (Fsp3) is 0.235. The van der Waals surface area contributed by atoms with Gasteiger partial charge in [0, 0.05) is 30.4 Å². The number of hydrogen-bond acceptors (Lipinski definition) is 5. The SMILES string of the molecule is O=C(c1ccc2nc(-c3ccnc(Cl)c3)oc2c1)N1CCOCC1. The summed E-state index contributed by atoms with van der Waals surface area (Å²) < 4.78 is 11.1. The van der Waals surface area contributed by atoms with Crippen molar-refractivity contribution in [2.45, 2.75) is 0 Å². The van der Waals surface area contributed by atoms with E-state index in [9.17, 15) is 4.79 Å². The molecule has 1 aromatic carbocycles. The minimum atomic E-state index is -0.0231. The Labute approximate surface area is 143 Å². The van der Waals surface area contributed by atoms with Crippen LogP contribution in [0, 0.1) is 0 Å². The summed E-state index contributed by atoms with van der Waals surface area (Å²) in [5, 5.41) is 0.373. The van der Waals surface area contributed by atoms with Crippen LogP contribution in [-0.4, -0.2) is 47.1 Å². The maximum Gasteiger partial charge on any atom is 0.254 e. The quantitative estimate of drug-likeness (QED) is 0.669. The van der Waals surface area contributed by atoms with Crippen molar-refractivity contribution < 1.29 is 13.9 Å². The standard InChI is InChI=1S/C17H14ClN3O3/c18-15-10-11(3-4-19-15)16-20-13-2-1-12(9-14(13)24-16)17(22)21-5-7-23-8-6-21/h1-4,9-10H,5-8H2. The van der Waals surface area contributed by atoms with E-state index in [0.29, 0.717) is 54.0 Å². The average Bonchev–Trinajstić information content (AvgIpc) is 3.05. The van der Waals surface area contributed by atoms with Crippen LogP contribution in [0.25, 0.3) is 22.6 Å². The van der Waals surface area contributed by atoms with Crippen LogP contribution in [0.2, 0.25) is 5.15 Å². The molecule has 0 saturated carbocycles. The van der Waals surface area contributed by atoms with Crippen molar-refractivity contribution in [2.24, 2.45) is 0 Å². The molecule has 1 amide bonds. The third kappa shape index (κ3) is 2.86. The predicted molar refractivity (Wildman–Crippen MR) is 89.0 cm³/mol. The van der Waals surface area contributed by atoms with E-state index in [1.807, 2.05) is 0 Å². The molecule has 0 unspecified atom stereocenters. The lowest BCUT2D eigenvalue weighted by Gasteiger charge is -2.26. The van der Waals surface area contributed by atoms with Crippen LogP contribution in [0.3, 0.4) is 0 Å². The second-order valence-corrected chi connectivity index (χ2v) is 5.86. The first-order valence-electron chi connectivity index (χ1n) is 7.60. The Bertz CT molecular complexity index is 903.